The highest BCUT2D eigenvalue weighted by Crippen LogP contribution is 2.68. The van der Waals surface area contributed by atoms with Crippen LogP contribution in [0.25, 0.3) is 0 Å². The maximum absolute atomic E-state index is 13.2. The van der Waals surface area contributed by atoms with Crippen LogP contribution in [0.2, 0.25) is 0 Å². The number of aliphatic hydroxyl groups excluding tert-OH is 2. The Bertz CT molecular complexity index is 1040. The Hall–Kier alpha value is -2.53. The Morgan fingerprint density at radius 3 is 2.25 bits per heavy atom. The van der Waals surface area contributed by atoms with Crippen molar-refractivity contribution in [1.29, 1.82) is 0 Å². The number of aliphatic hydroxyl groups is 3. The first kappa shape index (κ1) is 26.5. The van der Waals surface area contributed by atoms with E-state index in [1.807, 2.05) is 0 Å². The van der Waals surface area contributed by atoms with Crippen LogP contribution in [0.1, 0.15) is 57.8 Å². The Kier molecular flexibility index (Phi) is 6.48. The van der Waals surface area contributed by atoms with Crippen LogP contribution in [0, 0.1) is 11.3 Å². The number of carbonyl (C=O) groups excluding carboxylic acids is 3. The molecule has 4 rings (SSSR count). The summed E-state index contributed by atoms with van der Waals surface area (Å²) >= 11 is 0. The number of benzene rings is 1. The number of carbonyl (C=O) groups is 3. The Balaban J connectivity index is 1.96. The molecule has 3 N–H and O–H groups in total. The summed E-state index contributed by atoms with van der Waals surface area (Å²) in [4.78, 5) is 37.5. The standard InChI is InChI=1S/C26H34O10/c1-14(27)33-13-25-17(35-22(31)16-9-7-6-8-10-16)11-12-24(5,32)26(25)20(30)18(23(3,4)36-26)19(29)21(25)34-15(2)28/h6-10,17-21,29-30,32H,11-13H2,1-5H3/t17-,18+,19-,20-,21+,24-,25+,26-/m0/s1. The molecule has 2 aliphatic carbocycles. The van der Waals surface area contributed by atoms with Gasteiger partial charge in [0.2, 0.25) is 0 Å². The van der Waals surface area contributed by atoms with Gasteiger partial charge in [0.25, 0.3) is 0 Å². The van der Waals surface area contributed by atoms with E-state index in [0.717, 1.165) is 6.92 Å². The summed E-state index contributed by atoms with van der Waals surface area (Å²) < 4.78 is 23.6. The highest BCUT2D eigenvalue weighted by atomic mass is 16.6. The zero-order chi connectivity index (χ0) is 26.7. The van der Waals surface area contributed by atoms with E-state index >= 15 is 0 Å². The maximum Gasteiger partial charge on any atom is 0.338 e. The number of ether oxygens (including phenoxy) is 4. The summed E-state index contributed by atoms with van der Waals surface area (Å²) in [5, 5.41) is 35.1. The van der Waals surface area contributed by atoms with Crippen molar-refractivity contribution in [3.8, 4) is 0 Å². The summed E-state index contributed by atoms with van der Waals surface area (Å²) in [6.45, 7) is 6.56. The molecule has 0 radical (unpaired) electrons. The molecular formula is C26H34O10. The summed E-state index contributed by atoms with van der Waals surface area (Å²) in [5.74, 6) is -3.11. The zero-order valence-electron chi connectivity index (χ0n) is 21.1. The van der Waals surface area contributed by atoms with E-state index in [-0.39, 0.29) is 18.4 Å². The van der Waals surface area contributed by atoms with Crippen LogP contribution in [0.4, 0.5) is 0 Å². The van der Waals surface area contributed by atoms with Gasteiger partial charge in [0, 0.05) is 19.8 Å². The second-order valence-electron chi connectivity index (χ2n) is 10.8. The summed E-state index contributed by atoms with van der Waals surface area (Å²) in [6, 6.07) is 8.21. The van der Waals surface area contributed by atoms with Gasteiger partial charge in [-0.05, 0) is 45.7 Å². The molecule has 10 heteroatoms. The van der Waals surface area contributed by atoms with Gasteiger partial charge in [0.15, 0.2) is 0 Å². The number of fused-ring (bicyclic) bond motifs is 1. The van der Waals surface area contributed by atoms with E-state index in [1.165, 1.54) is 13.8 Å². The van der Waals surface area contributed by atoms with E-state index in [2.05, 4.69) is 0 Å². The van der Waals surface area contributed by atoms with E-state index in [4.69, 9.17) is 18.9 Å². The van der Waals surface area contributed by atoms with E-state index in [9.17, 15) is 29.7 Å². The van der Waals surface area contributed by atoms with Crippen molar-refractivity contribution in [2.45, 2.75) is 88.7 Å². The molecule has 198 valence electrons. The molecule has 1 aromatic carbocycles. The molecule has 1 heterocycles. The molecule has 0 amide bonds. The average Bonchev–Trinajstić information content (AvgIpc) is 2.97. The van der Waals surface area contributed by atoms with Gasteiger partial charge < -0.3 is 34.3 Å². The minimum Gasteiger partial charge on any atom is -0.465 e. The van der Waals surface area contributed by atoms with Crippen molar-refractivity contribution in [3.63, 3.8) is 0 Å². The second kappa shape index (κ2) is 8.79. The van der Waals surface area contributed by atoms with Crippen LogP contribution in [0.5, 0.6) is 0 Å². The largest absolute Gasteiger partial charge is 0.465 e. The quantitative estimate of drug-likeness (QED) is 0.392. The summed E-state index contributed by atoms with van der Waals surface area (Å²) in [7, 11) is 0. The molecule has 3 fully saturated rings. The lowest BCUT2D eigenvalue weighted by atomic mass is 9.46. The van der Waals surface area contributed by atoms with E-state index in [0.29, 0.717) is 0 Å². The normalized spacial score (nSPS) is 40.6. The molecule has 1 spiro atoms. The van der Waals surface area contributed by atoms with Crippen molar-refractivity contribution >= 4 is 17.9 Å². The monoisotopic (exact) mass is 506 g/mol. The van der Waals surface area contributed by atoms with Crippen LogP contribution in [0.15, 0.2) is 30.3 Å². The van der Waals surface area contributed by atoms with Crippen molar-refractivity contribution in [3.05, 3.63) is 35.9 Å². The SMILES string of the molecule is CC(=O)OC[C@]12[C@@H](OC(=O)c3ccccc3)CC[C@](C)(O)[C@]13OC(C)(C)[C@H]([C@H](O)[C@H]2OC(C)=O)[C@@H]3O. The van der Waals surface area contributed by atoms with Crippen molar-refractivity contribution in [2.24, 2.45) is 11.3 Å². The van der Waals surface area contributed by atoms with E-state index in [1.54, 1.807) is 44.2 Å². The van der Waals surface area contributed by atoms with Crippen molar-refractivity contribution in [1.82, 2.24) is 0 Å². The molecule has 1 saturated heterocycles. The third-order valence-corrected chi connectivity index (χ3v) is 8.19. The van der Waals surface area contributed by atoms with Crippen LogP contribution < -0.4 is 0 Å². The minimum absolute atomic E-state index is 0.0459. The fourth-order valence-corrected chi connectivity index (χ4v) is 6.85. The molecule has 2 saturated carbocycles. The second-order valence-corrected chi connectivity index (χ2v) is 10.8. The maximum atomic E-state index is 13.2. The highest BCUT2D eigenvalue weighted by Gasteiger charge is 2.85. The summed E-state index contributed by atoms with van der Waals surface area (Å²) in [5.41, 5.74) is -6.46. The zero-order valence-corrected chi connectivity index (χ0v) is 21.1. The fraction of sp³-hybridized carbons (Fsp3) is 0.654. The van der Waals surface area contributed by atoms with Gasteiger partial charge in [-0.2, -0.15) is 0 Å². The van der Waals surface area contributed by atoms with E-state index < -0.39 is 77.1 Å². The van der Waals surface area contributed by atoms with Crippen LogP contribution in [0.3, 0.4) is 0 Å². The smallest absolute Gasteiger partial charge is 0.338 e. The van der Waals surface area contributed by atoms with Crippen molar-refractivity contribution in [2.75, 3.05) is 6.61 Å². The predicted molar refractivity (Wildman–Crippen MR) is 124 cm³/mol. The molecule has 3 aliphatic rings. The number of hydrogen-bond acceptors (Lipinski definition) is 10. The molecule has 2 bridgehead atoms. The highest BCUT2D eigenvalue weighted by molar-refractivity contribution is 5.89. The van der Waals surface area contributed by atoms with Crippen LogP contribution in [-0.2, 0) is 28.5 Å². The van der Waals surface area contributed by atoms with Gasteiger partial charge in [0.1, 0.15) is 35.9 Å². The third-order valence-electron chi connectivity index (χ3n) is 8.19. The van der Waals surface area contributed by atoms with Crippen LogP contribution >= 0.6 is 0 Å². The number of rotatable bonds is 5. The van der Waals surface area contributed by atoms with Gasteiger partial charge >= 0.3 is 17.9 Å². The lowest BCUT2D eigenvalue weighted by Gasteiger charge is -2.65. The molecule has 0 aromatic heterocycles. The van der Waals surface area contributed by atoms with Gasteiger partial charge in [-0.15, -0.1) is 0 Å². The van der Waals surface area contributed by atoms with Gasteiger partial charge in [-0.3, -0.25) is 9.59 Å². The van der Waals surface area contributed by atoms with Crippen molar-refractivity contribution < 1.29 is 48.7 Å². The first-order chi connectivity index (χ1) is 16.7. The Morgan fingerprint density at radius 2 is 1.67 bits per heavy atom. The topological polar surface area (TPSA) is 149 Å². The molecule has 1 aromatic rings. The Labute approximate surface area is 209 Å². The van der Waals surface area contributed by atoms with Gasteiger partial charge in [0.05, 0.1) is 22.9 Å². The Morgan fingerprint density at radius 1 is 1.03 bits per heavy atom. The number of esters is 3. The minimum atomic E-state index is -1.93. The lowest BCUT2D eigenvalue weighted by molar-refractivity contribution is -0.348. The molecular weight excluding hydrogens is 472 g/mol. The molecule has 10 nitrogen and oxygen atoms in total. The first-order valence-electron chi connectivity index (χ1n) is 12.1. The van der Waals surface area contributed by atoms with Gasteiger partial charge in [-0.25, -0.2) is 4.79 Å². The molecule has 1 aliphatic heterocycles. The fourth-order valence-electron chi connectivity index (χ4n) is 6.85. The first-order valence-corrected chi connectivity index (χ1v) is 12.1. The average molecular weight is 507 g/mol. The summed E-state index contributed by atoms with van der Waals surface area (Å²) in [6.07, 6.45) is -5.47. The van der Waals surface area contributed by atoms with Gasteiger partial charge in [-0.1, -0.05) is 18.2 Å². The number of hydrogen-bond donors (Lipinski definition) is 3. The third kappa shape index (κ3) is 3.65. The van der Waals surface area contributed by atoms with Crippen LogP contribution in [-0.4, -0.2) is 81.1 Å². The molecule has 8 atom stereocenters. The molecule has 36 heavy (non-hydrogen) atoms. The predicted octanol–water partition coefficient (Wildman–Crippen LogP) is 1.14. The molecule has 0 unspecified atom stereocenters. The lowest BCUT2D eigenvalue weighted by Crippen LogP contribution is -2.83.